The van der Waals surface area contributed by atoms with Crippen molar-refractivity contribution >= 4 is 17.4 Å². The van der Waals surface area contributed by atoms with E-state index in [-0.39, 0.29) is 17.8 Å². The molecule has 0 heterocycles. The highest BCUT2D eigenvalue weighted by Gasteiger charge is 2.32. The summed E-state index contributed by atoms with van der Waals surface area (Å²) in [5, 5.41) is 0.678. The van der Waals surface area contributed by atoms with E-state index in [2.05, 4.69) is 0 Å². The summed E-state index contributed by atoms with van der Waals surface area (Å²) < 4.78 is 5.20. The van der Waals surface area contributed by atoms with Crippen LogP contribution in [0.15, 0.2) is 24.3 Å². The van der Waals surface area contributed by atoms with Gasteiger partial charge in [0.05, 0.1) is 0 Å². The highest BCUT2D eigenvalue weighted by atomic mass is 35.5. The van der Waals surface area contributed by atoms with Crippen LogP contribution in [0.5, 0.6) is 0 Å². The monoisotopic (exact) mass is 238 g/mol. The molecule has 16 heavy (non-hydrogen) atoms. The average molecular weight is 239 g/mol. The van der Waals surface area contributed by atoms with E-state index in [0.717, 1.165) is 24.8 Å². The van der Waals surface area contributed by atoms with Crippen LogP contribution in [-0.4, -0.2) is 19.0 Å². The minimum atomic E-state index is -0.255. The van der Waals surface area contributed by atoms with Gasteiger partial charge in [0.15, 0.2) is 5.78 Å². The second-order valence-corrected chi connectivity index (χ2v) is 4.54. The average Bonchev–Trinajstić information content (AvgIpc) is 2.31. The number of ether oxygens (including phenoxy) is 1. The van der Waals surface area contributed by atoms with E-state index in [4.69, 9.17) is 16.3 Å². The number of ketones is 1. The van der Waals surface area contributed by atoms with Crippen LogP contribution in [0.2, 0.25) is 5.02 Å². The Kier molecular flexibility index (Phi) is 3.62. The molecule has 0 aliphatic heterocycles. The van der Waals surface area contributed by atoms with Gasteiger partial charge in [-0.3, -0.25) is 4.79 Å². The molecule has 1 aliphatic rings. The van der Waals surface area contributed by atoms with Gasteiger partial charge in [0, 0.05) is 18.1 Å². The van der Waals surface area contributed by atoms with E-state index in [1.807, 2.05) is 24.3 Å². The third-order valence-corrected chi connectivity index (χ3v) is 3.53. The fourth-order valence-electron chi connectivity index (χ4n) is 2.32. The Balaban J connectivity index is 2.27. The molecule has 0 N–H and O–H groups in total. The highest BCUT2D eigenvalue weighted by Crippen LogP contribution is 2.34. The Morgan fingerprint density at radius 3 is 2.75 bits per heavy atom. The smallest absolute Gasteiger partial charge is 0.169 e. The highest BCUT2D eigenvalue weighted by molar-refractivity contribution is 6.31. The molecule has 0 unspecified atom stereocenters. The number of halogens is 1. The van der Waals surface area contributed by atoms with Crippen LogP contribution in [-0.2, 0) is 9.53 Å². The molecule has 2 rings (SSSR count). The molecule has 1 saturated carbocycles. The van der Waals surface area contributed by atoms with Crippen molar-refractivity contribution < 1.29 is 9.53 Å². The summed E-state index contributed by atoms with van der Waals surface area (Å²) in [5.74, 6) is 0.0780. The van der Waals surface area contributed by atoms with Crippen molar-refractivity contribution in [1.82, 2.24) is 0 Å². The molecular formula is C13H15ClO2. The lowest BCUT2D eigenvalue weighted by molar-refractivity contribution is -0.133. The van der Waals surface area contributed by atoms with Gasteiger partial charge < -0.3 is 4.74 Å². The standard InChI is InChI=1S/C13H15ClO2/c1-16-12-8-4-6-10(13(12)15)9-5-2-3-7-11(9)14/h2-3,5,7,10,12H,4,6,8H2,1H3/t10-,12+/m1/s1. The van der Waals surface area contributed by atoms with E-state index in [9.17, 15) is 4.79 Å². The van der Waals surface area contributed by atoms with Crippen molar-refractivity contribution in [2.75, 3.05) is 7.11 Å². The first kappa shape index (κ1) is 11.6. The van der Waals surface area contributed by atoms with Gasteiger partial charge in [0.2, 0.25) is 0 Å². The lowest BCUT2D eigenvalue weighted by Gasteiger charge is -2.27. The Morgan fingerprint density at radius 1 is 1.31 bits per heavy atom. The van der Waals surface area contributed by atoms with E-state index < -0.39 is 0 Å². The molecule has 1 fully saturated rings. The molecule has 2 atom stereocenters. The van der Waals surface area contributed by atoms with E-state index in [1.54, 1.807) is 7.11 Å². The number of hydrogen-bond acceptors (Lipinski definition) is 2. The normalized spacial score (nSPS) is 25.8. The van der Waals surface area contributed by atoms with Crippen LogP contribution in [0.1, 0.15) is 30.7 Å². The summed E-state index contributed by atoms with van der Waals surface area (Å²) in [6.45, 7) is 0. The molecular weight excluding hydrogens is 224 g/mol. The van der Waals surface area contributed by atoms with Gasteiger partial charge in [0.1, 0.15) is 6.10 Å². The first-order valence-corrected chi connectivity index (χ1v) is 5.92. The number of carbonyl (C=O) groups excluding carboxylic acids is 1. The topological polar surface area (TPSA) is 26.3 Å². The number of Topliss-reactive ketones (excluding diaryl/α,β-unsaturated/α-hetero) is 1. The zero-order chi connectivity index (χ0) is 11.5. The molecule has 1 aromatic carbocycles. The fourth-order valence-corrected chi connectivity index (χ4v) is 2.58. The molecule has 1 aromatic rings. The molecule has 3 heteroatoms. The quantitative estimate of drug-likeness (QED) is 0.791. The second kappa shape index (κ2) is 4.98. The van der Waals surface area contributed by atoms with Crippen molar-refractivity contribution in [3.63, 3.8) is 0 Å². The number of methoxy groups -OCH3 is 1. The summed E-state index contributed by atoms with van der Waals surface area (Å²) in [7, 11) is 1.59. The predicted molar refractivity (Wildman–Crippen MR) is 63.8 cm³/mol. The maximum atomic E-state index is 12.1. The predicted octanol–water partition coefficient (Wildman–Crippen LogP) is 3.19. The molecule has 0 aromatic heterocycles. The van der Waals surface area contributed by atoms with Crippen LogP contribution in [0.25, 0.3) is 0 Å². The number of rotatable bonds is 2. The maximum absolute atomic E-state index is 12.1. The zero-order valence-corrected chi connectivity index (χ0v) is 10.0. The van der Waals surface area contributed by atoms with Gasteiger partial charge in [-0.15, -0.1) is 0 Å². The lowest BCUT2D eigenvalue weighted by Crippen LogP contribution is -2.32. The van der Waals surface area contributed by atoms with Gasteiger partial charge in [-0.2, -0.15) is 0 Å². The summed E-state index contributed by atoms with van der Waals surface area (Å²) >= 11 is 6.12. The minimum absolute atomic E-state index is 0.0904. The molecule has 0 radical (unpaired) electrons. The maximum Gasteiger partial charge on any atom is 0.169 e. The Bertz CT molecular complexity index is 389. The molecule has 0 bridgehead atoms. The van der Waals surface area contributed by atoms with Gasteiger partial charge in [-0.05, 0) is 30.9 Å². The molecule has 0 saturated heterocycles. The molecule has 2 nitrogen and oxygen atoms in total. The van der Waals surface area contributed by atoms with Crippen LogP contribution in [0.3, 0.4) is 0 Å². The third-order valence-electron chi connectivity index (χ3n) is 3.19. The Labute approximate surface area is 101 Å². The molecule has 0 amide bonds. The number of hydrogen-bond donors (Lipinski definition) is 0. The Morgan fingerprint density at radius 2 is 2.06 bits per heavy atom. The summed E-state index contributed by atoms with van der Waals surface area (Å²) in [6.07, 6.45) is 2.47. The van der Waals surface area contributed by atoms with E-state index >= 15 is 0 Å². The van der Waals surface area contributed by atoms with Crippen LogP contribution in [0.4, 0.5) is 0 Å². The van der Waals surface area contributed by atoms with Crippen molar-refractivity contribution in [3.8, 4) is 0 Å². The van der Waals surface area contributed by atoms with Gasteiger partial charge in [-0.25, -0.2) is 0 Å². The third kappa shape index (κ3) is 2.13. The first-order chi connectivity index (χ1) is 7.74. The van der Waals surface area contributed by atoms with Gasteiger partial charge in [-0.1, -0.05) is 29.8 Å². The van der Waals surface area contributed by atoms with Crippen LogP contribution >= 0.6 is 11.6 Å². The summed E-state index contributed by atoms with van der Waals surface area (Å²) in [6, 6.07) is 7.57. The van der Waals surface area contributed by atoms with E-state index in [0.29, 0.717) is 5.02 Å². The van der Waals surface area contributed by atoms with Crippen molar-refractivity contribution in [2.24, 2.45) is 0 Å². The summed E-state index contributed by atoms with van der Waals surface area (Å²) in [5.41, 5.74) is 0.941. The fraction of sp³-hybridized carbons (Fsp3) is 0.462. The first-order valence-electron chi connectivity index (χ1n) is 5.55. The van der Waals surface area contributed by atoms with E-state index in [1.165, 1.54) is 0 Å². The SMILES string of the molecule is CO[C@H]1CCC[C@H](c2ccccc2Cl)C1=O. The summed E-state index contributed by atoms with van der Waals surface area (Å²) in [4.78, 5) is 12.1. The number of carbonyl (C=O) groups is 1. The van der Waals surface area contributed by atoms with Crippen molar-refractivity contribution in [3.05, 3.63) is 34.9 Å². The van der Waals surface area contributed by atoms with Gasteiger partial charge >= 0.3 is 0 Å². The lowest BCUT2D eigenvalue weighted by atomic mass is 9.81. The molecule has 1 aliphatic carbocycles. The minimum Gasteiger partial charge on any atom is -0.374 e. The van der Waals surface area contributed by atoms with Crippen LogP contribution in [0, 0.1) is 0 Å². The molecule has 0 spiro atoms. The largest absolute Gasteiger partial charge is 0.374 e. The second-order valence-electron chi connectivity index (χ2n) is 4.13. The zero-order valence-electron chi connectivity index (χ0n) is 9.28. The van der Waals surface area contributed by atoms with Gasteiger partial charge in [0.25, 0.3) is 0 Å². The van der Waals surface area contributed by atoms with Crippen LogP contribution < -0.4 is 0 Å². The molecule has 86 valence electrons. The van der Waals surface area contributed by atoms with Crippen molar-refractivity contribution in [2.45, 2.75) is 31.3 Å². The van der Waals surface area contributed by atoms with Crippen molar-refractivity contribution in [1.29, 1.82) is 0 Å². The Hall–Kier alpha value is -0.860. The number of benzene rings is 1.